The minimum atomic E-state index is -0.212. The number of aromatic nitrogens is 1. The van der Waals surface area contributed by atoms with Gasteiger partial charge in [0.15, 0.2) is 0 Å². The fourth-order valence-electron chi connectivity index (χ4n) is 1.44. The van der Waals surface area contributed by atoms with Gasteiger partial charge in [-0.2, -0.15) is 0 Å². The summed E-state index contributed by atoms with van der Waals surface area (Å²) >= 11 is 5.81. The van der Waals surface area contributed by atoms with Crippen LogP contribution in [0.25, 0.3) is 0 Å². The maximum Gasteiger partial charge on any atom is 0.320 e. The second kappa shape index (κ2) is 7.25. The fraction of sp³-hybridized carbons (Fsp3) is 0.500. The molecule has 4 nitrogen and oxygen atoms in total. The molecule has 0 aliphatic rings. The van der Waals surface area contributed by atoms with Crippen molar-refractivity contribution in [3.05, 3.63) is 29.0 Å². The van der Waals surface area contributed by atoms with Gasteiger partial charge in [-0.3, -0.25) is 9.69 Å². The Hall–Kier alpha value is -1.13. The summed E-state index contributed by atoms with van der Waals surface area (Å²) in [5, 5.41) is 0.467. The molecule has 0 saturated carbocycles. The number of likely N-dealkylation sites (N-methyl/N-ethyl adjacent to an activating group) is 1. The highest BCUT2D eigenvalue weighted by Gasteiger charge is 2.10. The van der Waals surface area contributed by atoms with Gasteiger partial charge in [-0.1, -0.05) is 24.6 Å². The van der Waals surface area contributed by atoms with Crippen LogP contribution in [0.4, 0.5) is 0 Å². The van der Waals surface area contributed by atoms with E-state index in [2.05, 4.69) is 4.98 Å². The second-order valence-electron chi connectivity index (χ2n) is 3.56. The van der Waals surface area contributed by atoms with Gasteiger partial charge in [0.25, 0.3) is 0 Å². The highest BCUT2D eigenvalue weighted by molar-refractivity contribution is 6.29. The van der Waals surface area contributed by atoms with Crippen LogP contribution in [-0.4, -0.2) is 35.5 Å². The van der Waals surface area contributed by atoms with Gasteiger partial charge < -0.3 is 4.74 Å². The summed E-state index contributed by atoms with van der Waals surface area (Å²) in [5.41, 5.74) is 0.851. The van der Waals surface area contributed by atoms with Crippen LogP contribution in [0, 0.1) is 0 Å². The maximum atomic E-state index is 11.4. The SMILES string of the molecule is CCOC(=O)CN(CC)Cc1cccc(Cl)n1. The van der Waals surface area contributed by atoms with Gasteiger partial charge in [-0.05, 0) is 25.6 Å². The lowest BCUT2D eigenvalue weighted by atomic mass is 10.3. The number of pyridine rings is 1. The number of esters is 1. The van der Waals surface area contributed by atoms with Crippen LogP contribution in [0.2, 0.25) is 5.15 Å². The minimum absolute atomic E-state index is 0.212. The lowest BCUT2D eigenvalue weighted by Crippen LogP contribution is -2.30. The van der Waals surface area contributed by atoms with Crippen molar-refractivity contribution >= 4 is 17.6 Å². The first-order valence-electron chi connectivity index (χ1n) is 5.65. The highest BCUT2D eigenvalue weighted by atomic mass is 35.5. The van der Waals surface area contributed by atoms with Gasteiger partial charge in [-0.25, -0.2) is 4.98 Å². The van der Waals surface area contributed by atoms with E-state index in [0.29, 0.717) is 18.3 Å². The molecular weight excluding hydrogens is 240 g/mol. The molecule has 0 spiro atoms. The van der Waals surface area contributed by atoms with Crippen LogP contribution in [-0.2, 0) is 16.1 Å². The van der Waals surface area contributed by atoms with Gasteiger partial charge >= 0.3 is 5.97 Å². The van der Waals surface area contributed by atoms with Crippen molar-refractivity contribution in [1.29, 1.82) is 0 Å². The Kier molecular flexibility index (Phi) is 5.94. The zero-order valence-corrected chi connectivity index (χ0v) is 10.9. The number of hydrogen-bond donors (Lipinski definition) is 0. The van der Waals surface area contributed by atoms with Crippen LogP contribution in [0.3, 0.4) is 0 Å². The number of halogens is 1. The summed E-state index contributed by atoms with van der Waals surface area (Å²) in [6.45, 7) is 5.82. The first kappa shape index (κ1) is 13.9. The van der Waals surface area contributed by atoms with Crippen LogP contribution >= 0.6 is 11.6 Å². The molecule has 0 aromatic carbocycles. The number of hydrogen-bond acceptors (Lipinski definition) is 4. The van der Waals surface area contributed by atoms with Crippen molar-refractivity contribution in [3.8, 4) is 0 Å². The third kappa shape index (κ3) is 5.15. The van der Waals surface area contributed by atoms with E-state index < -0.39 is 0 Å². The first-order valence-corrected chi connectivity index (χ1v) is 6.03. The summed E-state index contributed by atoms with van der Waals surface area (Å²) < 4.78 is 4.91. The van der Waals surface area contributed by atoms with E-state index in [1.807, 2.05) is 24.0 Å². The van der Waals surface area contributed by atoms with Crippen molar-refractivity contribution in [3.63, 3.8) is 0 Å². The molecule has 94 valence electrons. The van der Waals surface area contributed by atoms with Gasteiger partial charge in [-0.15, -0.1) is 0 Å². The summed E-state index contributed by atoms with van der Waals surface area (Å²) in [7, 11) is 0. The molecule has 0 radical (unpaired) electrons. The van der Waals surface area contributed by atoms with Crippen molar-refractivity contribution < 1.29 is 9.53 Å². The quantitative estimate of drug-likeness (QED) is 0.578. The Morgan fingerprint density at radius 2 is 2.24 bits per heavy atom. The monoisotopic (exact) mass is 256 g/mol. The van der Waals surface area contributed by atoms with Crippen LogP contribution in [0.15, 0.2) is 18.2 Å². The average molecular weight is 257 g/mol. The lowest BCUT2D eigenvalue weighted by Gasteiger charge is -2.18. The topological polar surface area (TPSA) is 42.4 Å². The first-order chi connectivity index (χ1) is 8.15. The summed E-state index contributed by atoms with van der Waals surface area (Å²) in [6, 6.07) is 5.47. The predicted molar refractivity (Wildman–Crippen MR) is 66.8 cm³/mol. The molecule has 1 heterocycles. The Morgan fingerprint density at radius 3 is 2.82 bits per heavy atom. The van der Waals surface area contributed by atoms with Crippen LogP contribution in [0.5, 0.6) is 0 Å². The number of ether oxygens (including phenoxy) is 1. The maximum absolute atomic E-state index is 11.4. The van der Waals surface area contributed by atoms with E-state index in [1.165, 1.54) is 0 Å². The van der Waals surface area contributed by atoms with E-state index >= 15 is 0 Å². The van der Waals surface area contributed by atoms with Crippen LogP contribution in [0.1, 0.15) is 19.5 Å². The van der Waals surface area contributed by atoms with Crippen molar-refractivity contribution in [2.75, 3.05) is 19.7 Å². The Bertz CT molecular complexity index is 371. The predicted octanol–water partition coefficient (Wildman–Crippen LogP) is 2.12. The summed E-state index contributed by atoms with van der Waals surface area (Å²) in [4.78, 5) is 17.5. The van der Waals surface area contributed by atoms with Gasteiger partial charge in [0, 0.05) is 6.54 Å². The largest absolute Gasteiger partial charge is 0.465 e. The molecule has 17 heavy (non-hydrogen) atoms. The Morgan fingerprint density at radius 1 is 1.47 bits per heavy atom. The third-order valence-corrected chi connectivity index (χ3v) is 2.47. The fourth-order valence-corrected chi connectivity index (χ4v) is 1.62. The standard InChI is InChI=1S/C12H17ClN2O2/c1-3-15(9-12(16)17-4-2)8-10-6-5-7-11(13)14-10/h5-7H,3-4,8-9H2,1-2H3. The van der Waals surface area contributed by atoms with E-state index in [4.69, 9.17) is 16.3 Å². The van der Waals surface area contributed by atoms with Crippen molar-refractivity contribution in [2.45, 2.75) is 20.4 Å². The molecule has 5 heteroatoms. The average Bonchev–Trinajstić information content (AvgIpc) is 2.28. The highest BCUT2D eigenvalue weighted by Crippen LogP contribution is 2.07. The van der Waals surface area contributed by atoms with E-state index in [0.717, 1.165) is 12.2 Å². The molecule has 0 atom stereocenters. The second-order valence-corrected chi connectivity index (χ2v) is 3.95. The molecule has 0 saturated heterocycles. The molecule has 0 aliphatic carbocycles. The van der Waals surface area contributed by atoms with Crippen molar-refractivity contribution in [1.82, 2.24) is 9.88 Å². The third-order valence-electron chi connectivity index (χ3n) is 2.26. The molecule has 1 rings (SSSR count). The van der Waals surface area contributed by atoms with Gasteiger partial charge in [0.1, 0.15) is 5.15 Å². The molecule has 1 aromatic rings. The van der Waals surface area contributed by atoms with Gasteiger partial charge in [0.05, 0.1) is 18.8 Å². The molecule has 0 amide bonds. The van der Waals surface area contributed by atoms with Crippen molar-refractivity contribution in [2.24, 2.45) is 0 Å². The molecule has 0 unspecified atom stereocenters. The zero-order valence-electron chi connectivity index (χ0n) is 10.1. The zero-order chi connectivity index (χ0) is 12.7. The minimum Gasteiger partial charge on any atom is -0.465 e. The van der Waals surface area contributed by atoms with E-state index in [-0.39, 0.29) is 12.5 Å². The summed E-state index contributed by atoms with van der Waals surface area (Å²) in [6.07, 6.45) is 0. The molecular formula is C12H17ClN2O2. The van der Waals surface area contributed by atoms with E-state index in [1.54, 1.807) is 13.0 Å². The van der Waals surface area contributed by atoms with Crippen LogP contribution < -0.4 is 0 Å². The molecule has 0 N–H and O–H groups in total. The lowest BCUT2D eigenvalue weighted by molar-refractivity contribution is -0.144. The number of rotatable bonds is 6. The molecule has 0 fully saturated rings. The molecule has 0 bridgehead atoms. The number of carbonyl (C=O) groups excluding carboxylic acids is 1. The Balaban J connectivity index is 2.54. The smallest absolute Gasteiger partial charge is 0.320 e. The normalized spacial score (nSPS) is 10.6. The Labute approximate surface area is 107 Å². The van der Waals surface area contributed by atoms with Gasteiger partial charge in [0.2, 0.25) is 0 Å². The molecule has 1 aromatic heterocycles. The number of carbonyl (C=O) groups is 1. The molecule has 0 aliphatic heterocycles. The van der Waals surface area contributed by atoms with E-state index in [9.17, 15) is 4.79 Å². The number of nitrogens with zero attached hydrogens (tertiary/aromatic N) is 2. The summed E-state index contributed by atoms with van der Waals surface area (Å²) in [5.74, 6) is -0.212.